The topological polar surface area (TPSA) is 66.0 Å². The third kappa shape index (κ3) is 5.29. The molecule has 8 heteroatoms. The Bertz CT molecular complexity index is 620. The maximum atomic E-state index is 5.98. The zero-order valence-electron chi connectivity index (χ0n) is 12.5. The summed E-state index contributed by atoms with van der Waals surface area (Å²) in [5.41, 5.74) is 0.751. The summed E-state index contributed by atoms with van der Waals surface area (Å²) >= 11 is 11.9. The predicted molar refractivity (Wildman–Crippen MR) is 91.2 cm³/mol. The van der Waals surface area contributed by atoms with Crippen molar-refractivity contribution in [2.45, 2.75) is 6.42 Å². The average molecular weight is 341 g/mol. The normalized spacial score (nSPS) is 10.8. The first-order chi connectivity index (χ1) is 10.5. The van der Waals surface area contributed by atoms with Crippen LogP contribution in [-0.2, 0) is 0 Å². The summed E-state index contributed by atoms with van der Waals surface area (Å²) in [6, 6.07) is 5.22. The summed E-state index contributed by atoms with van der Waals surface area (Å²) in [6.07, 6.45) is 2.61. The highest BCUT2D eigenvalue weighted by Crippen LogP contribution is 2.26. The molecule has 1 aromatic heterocycles. The van der Waals surface area contributed by atoms with Crippen LogP contribution in [0.3, 0.4) is 0 Å². The van der Waals surface area contributed by atoms with E-state index < -0.39 is 0 Å². The molecular weight excluding hydrogens is 323 g/mol. The lowest BCUT2D eigenvalue weighted by Gasteiger charge is -2.10. The molecule has 0 aliphatic rings. The molecule has 0 bridgehead atoms. The Balaban J connectivity index is 1.94. The minimum absolute atomic E-state index is 0.399. The smallest absolute Gasteiger partial charge is 0.249 e. The van der Waals surface area contributed by atoms with Crippen molar-refractivity contribution in [3.63, 3.8) is 0 Å². The summed E-state index contributed by atoms with van der Waals surface area (Å²) in [5.74, 6) is 1.08. The first-order valence-corrected chi connectivity index (χ1v) is 7.60. The minimum atomic E-state index is 0.399. The number of aromatic nitrogens is 3. The number of nitrogens with one attached hydrogen (secondary N) is 2. The highest BCUT2D eigenvalue weighted by Gasteiger charge is 2.03. The first kappa shape index (κ1) is 16.7. The van der Waals surface area contributed by atoms with Crippen LogP contribution in [0.15, 0.2) is 24.4 Å². The van der Waals surface area contributed by atoms with E-state index >= 15 is 0 Å². The Morgan fingerprint density at radius 2 is 2.00 bits per heavy atom. The molecule has 1 aromatic carbocycles. The van der Waals surface area contributed by atoms with E-state index in [-0.39, 0.29) is 0 Å². The molecule has 2 N–H and O–H groups in total. The molecule has 0 aliphatic carbocycles. The van der Waals surface area contributed by atoms with Crippen molar-refractivity contribution in [2.24, 2.45) is 0 Å². The molecule has 2 aromatic rings. The van der Waals surface area contributed by atoms with Crippen molar-refractivity contribution in [2.75, 3.05) is 37.8 Å². The van der Waals surface area contributed by atoms with Gasteiger partial charge in [-0.15, -0.1) is 5.10 Å². The van der Waals surface area contributed by atoms with Crippen molar-refractivity contribution >= 4 is 40.7 Å². The Kier molecular flexibility index (Phi) is 6.18. The Labute approximate surface area is 139 Å². The van der Waals surface area contributed by atoms with E-state index in [2.05, 4.69) is 30.7 Å². The second kappa shape index (κ2) is 8.12. The van der Waals surface area contributed by atoms with Gasteiger partial charge in [0, 0.05) is 12.2 Å². The van der Waals surface area contributed by atoms with E-state index in [0.717, 1.165) is 25.2 Å². The van der Waals surface area contributed by atoms with Gasteiger partial charge in [0.05, 0.1) is 16.2 Å². The minimum Gasteiger partial charge on any atom is -0.369 e. The van der Waals surface area contributed by atoms with E-state index in [1.807, 2.05) is 14.1 Å². The molecule has 0 unspecified atom stereocenters. The third-order valence-electron chi connectivity index (χ3n) is 2.82. The highest BCUT2D eigenvalue weighted by molar-refractivity contribution is 6.42. The van der Waals surface area contributed by atoms with E-state index in [1.54, 1.807) is 24.4 Å². The Hall–Kier alpha value is -1.63. The van der Waals surface area contributed by atoms with Crippen molar-refractivity contribution in [3.8, 4) is 0 Å². The molecule has 0 spiro atoms. The second-order valence-electron chi connectivity index (χ2n) is 5.00. The SMILES string of the molecule is CN(C)CCCNc1cnnc(Nc2ccc(Cl)c(Cl)c2)n1. The van der Waals surface area contributed by atoms with Gasteiger partial charge in [-0.3, -0.25) is 0 Å². The van der Waals surface area contributed by atoms with Crippen molar-refractivity contribution in [1.29, 1.82) is 0 Å². The summed E-state index contributed by atoms with van der Waals surface area (Å²) in [4.78, 5) is 6.49. The van der Waals surface area contributed by atoms with Gasteiger partial charge in [-0.2, -0.15) is 10.1 Å². The van der Waals surface area contributed by atoms with Gasteiger partial charge >= 0.3 is 0 Å². The number of anilines is 3. The van der Waals surface area contributed by atoms with Crippen LogP contribution in [0.1, 0.15) is 6.42 Å². The predicted octanol–water partition coefficient (Wildman–Crippen LogP) is 3.29. The monoisotopic (exact) mass is 340 g/mol. The molecule has 0 radical (unpaired) electrons. The van der Waals surface area contributed by atoms with Crippen LogP contribution >= 0.6 is 23.2 Å². The fraction of sp³-hybridized carbons (Fsp3) is 0.357. The lowest BCUT2D eigenvalue weighted by atomic mass is 10.3. The van der Waals surface area contributed by atoms with Gasteiger partial charge in [0.15, 0.2) is 5.82 Å². The van der Waals surface area contributed by atoms with Crippen LogP contribution in [0.4, 0.5) is 17.5 Å². The maximum absolute atomic E-state index is 5.98. The molecule has 1 heterocycles. The average Bonchev–Trinajstić information content (AvgIpc) is 2.48. The van der Waals surface area contributed by atoms with Gasteiger partial charge < -0.3 is 15.5 Å². The van der Waals surface area contributed by atoms with Gasteiger partial charge in [-0.05, 0) is 45.3 Å². The Morgan fingerprint density at radius 3 is 2.73 bits per heavy atom. The molecule has 0 saturated carbocycles. The molecule has 0 atom stereocenters. The van der Waals surface area contributed by atoms with Crippen molar-refractivity contribution in [3.05, 3.63) is 34.4 Å². The standard InChI is InChI=1S/C14H18Cl2N6/c1-22(2)7-3-6-17-13-9-18-21-14(20-13)19-10-4-5-11(15)12(16)8-10/h4-5,8-9H,3,6-7H2,1-2H3,(H2,17,19,20,21). The molecule has 0 aliphatic heterocycles. The maximum Gasteiger partial charge on any atom is 0.249 e. The number of hydrogen-bond donors (Lipinski definition) is 2. The molecule has 0 fully saturated rings. The fourth-order valence-corrected chi connectivity index (χ4v) is 2.05. The van der Waals surface area contributed by atoms with Crippen molar-refractivity contribution in [1.82, 2.24) is 20.1 Å². The van der Waals surface area contributed by atoms with Crippen LogP contribution in [-0.4, -0.2) is 47.3 Å². The van der Waals surface area contributed by atoms with E-state index in [9.17, 15) is 0 Å². The number of halogens is 2. The lowest BCUT2D eigenvalue weighted by molar-refractivity contribution is 0.405. The van der Waals surface area contributed by atoms with Gasteiger partial charge in [-0.1, -0.05) is 23.2 Å². The summed E-state index contributed by atoms with van der Waals surface area (Å²) in [6.45, 7) is 1.84. The fourth-order valence-electron chi connectivity index (χ4n) is 1.76. The van der Waals surface area contributed by atoms with E-state index in [4.69, 9.17) is 23.2 Å². The van der Waals surface area contributed by atoms with Gasteiger partial charge in [-0.25, -0.2) is 0 Å². The molecule has 6 nitrogen and oxygen atoms in total. The molecule has 0 amide bonds. The number of benzene rings is 1. The second-order valence-corrected chi connectivity index (χ2v) is 5.82. The Morgan fingerprint density at radius 1 is 1.18 bits per heavy atom. The molecule has 118 valence electrons. The summed E-state index contributed by atoms with van der Waals surface area (Å²) in [7, 11) is 4.09. The summed E-state index contributed by atoms with van der Waals surface area (Å²) in [5, 5.41) is 15.1. The zero-order chi connectivity index (χ0) is 15.9. The zero-order valence-corrected chi connectivity index (χ0v) is 14.0. The van der Waals surface area contributed by atoms with E-state index in [1.165, 1.54) is 0 Å². The van der Waals surface area contributed by atoms with Crippen molar-refractivity contribution < 1.29 is 0 Å². The molecule has 22 heavy (non-hydrogen) atoms. The quantitative estimate of drug-likeness (QED) is 0.754. The van der Waals surface area contributed by atoms with Crippen LogP contribution < -0.4 is 10.6 Å². The van der Waals surface area contributed by atoms with Crippen LogP contribution in [0.25, 0.3) is 0 Å². The highest BCUT2D eigenvalue weighted by atomic mass is 35.5. The number of nitrogens with zero attached hydrogens (tertiary/aromatic N) is 4. The summed E-state index contributed by atoms with van der Waals surface area (Å²) < 4.78 is 0. The van der Waals surface area contributed by atoms with Gasteiger partial charge in [0.25, 0.3) is 0 Å². The van der Waals surface area contributed by atoms with Crippen LogP contribution in [0.2, 0.25) is 10.0 Å². The lowest BCUT2D eigenvalue weighted by Crippen LogP contribution is -2.16. The molecule has 0 saturated heterocycles. The number of rotatable bonds is 7. The first-order valence-electron chi connectivity index (χ1n) is 6.85. The van der Waals surface area contributed by atoms with Crippen LogP contribution in [0.5, 0.6) is 0 Å². The number of hydrogen-bond acceptors (Lipinski definition) is 6. The third-order valence-corrected chi connectivity index (χ3v) is 3.56. The van der Waals surface area contributed by atoms with Gasteiger partial charge in [0.2, 0.25) is 5.95 Å². The molecular formula is C14H18Cl2N6. The molecule has 2 rings (SSSR count). The largest absolute Gasteiger partial charge is 0.369 e. The van der Waals surface area contributed by atoms with Crippen LogP contribution in [0, 0.1) is 0 Å². The van der Waals surface area contributed by atoms with E-state index in [0.29, 0.717) is 21.8 Å². The van der Waals surface area contributed by atoms with Gasteiger partial charge in [0.1, 0.15) is 0 Å².